The van der Waals surface area contributed by atoms with Gasteiger partial charge in [0.05, 0.1) is 0 Å². The lowest BCUT2D eigenvalue weighted by Gasteiger charge is -2.36. The Labute approximate surface area is 159 Å². The molecule has 1 aliphatic rings. The van der Waals surface area contributed by atoms with Gasteiger partial charge >= 0.3 is 0 Å². The van der Waals surface area contributed by atoms with Gasteiger partial charge in [0, 0.05) is 43.4 Å². The van der Waals surface area contributed by atoms with Crippen molar-refractivity contribution in [3.05, 3.63) is 52.6 Å². The highest BCUT2D eigenvalue weighted by Gasteiger charge is 2.21. The largest absolute Gasteiger partial charge is 0.485 e. The molecule has 0 aliphatic carbocycles. The van der Waals surface area contributed by atoms with Crippen molar-refractivity contribution in [1.29, 1.82) is 0 Å². The molecule has 140 valence electrons. The number of pyridine rings is 1. The van der Waals surface area contributed by atoms with Crippen molar-refractivity contribution >= 4 is 21.7 Å². The molecule has 1 aliphatic heterocycles. The molecule has 0 spiro atoms. The number of piperazine rings is 1. The Kier molecular flexibility index (Phi) is 6.39. The highest BCUT2D eigenvalue weighted by atomic mass is 79.9. The SMILES string of the molecule is OC(COc1c(F)cc(Br)cc1F)CN1CCN(c2ccccn2)CC1. The Balaban J connectivity index is 1.45. The van der Waals surface area contributed by atoms with Gasteiger partial charge in [-0.1, -0.05) is 22.0 Å². The smallest absolute Gasteiger partial charge is 0.190 e. The first-order valence-corrected chi connectivity index (χ1v) is 9.16. The zero-order valence-corrected chi connectivity index (χ0v) is 15.7. The summed E-state index contributed by atoms with van der Waals surface area (Å²) in [6, 6.07) is 8.06. The van der Waals surface area contributed by atoms with Crippen LogP contribution in [0.1, 0.15) is 0 Å². The molecular formula is C18H20BrF2N3O2. The molecule has 1 fully saturated rings. The fourth-order valence-corrected chi connectivity index (χ4v) is 3.30. The van der Waals surface area contributed by atoms with Crippen LogP contribution in [-0.2, 0) is 0 Å². The minimum atomic E-state index is -0.834. The van der Waals surface area contributed by atoms with Crippen LogP contribution in [0.3, 0.4) is 0 Å². The number of halogens is 3. The van der Waals surface area contributed by atoms with Crippen molar-refractivity contribution in [1.82, 2.24) is 9.88 Å². The molecule has 1 N–H and O–H groups in total. The number of nitrogens with zero attached hydrogens (tertiary/aromatic N) is 3. The van der Waals surface area contributed by atoms with E-state index in [1.54, 1.807) is 6.20 Å². The highest BCUT2D eigenvalue weighted by molar-refractivity contribution is 9.10. The van der Waals surface area contributed by atoms with Gasteiger partial charge in [0.25, 0.3) is 0 Å². The van der Waals surface area contributed by atoms with Crippen molar-refractivity contribution in [2.75, 3.05) is 44.2 Å². The summed E-state index contributed by atoms with van der Waals surface area (Å²) < 4.78 is 32.9. The number of aromatic nitrogens is 1. The maximum absolute atomic E-state index is 13.7. The van der Waals surface area contributed by atoms with Crippen LogP contribution in [0.25, 0.3) is 0 Å². The van der Waals surface area contributed by atoms with Crippen LogP contribution in [-0.4, -0.2) is 60.4 Å². The number of anilines is 1. The molecule has 2 aromatic rings. The first-order valence-electron chi connectivity index (χ1n) is 8.36. The number of benzene rings is 1. The van der Waals surface area contributed by atoms with Crippen molar-refractivity contribution < 1.29 is 18.6 Å². The van der Waals surface area contributed by atoms with E-state index in [-0.39, 0.29) is 6.61 Å². The van der Waals surface area contributed by atoms with Gasteiger partial charge in [-0.05, 0) is 24.3 Å². The summed E-state index contributed by atoms with van der Waals surface area (Å²) in [5.41, 5.74) is 0. The summed E-state index contributed by atoms with van der Waals surface area (Å²) in [5.74, 6) is -1.12. The summed E-state index contributed by atoms with van der Waals surface area (Å²) in [7, 11) is 0. The average molecular weight is 428 g/mol. The van der Waals surface area contributed by atoms with Crippen molar-refractivity contribution in [2.45, 2.75) is 6.10 Å². The molecule has 5 nitrogen and oxygen atoms in total. The Morgan fingerprint density at radius 3 is 2.46 bits per heavy atom. The van der Waals surface area contributed by atoms with E-state index in [2.05, 4.69) is 30.7 Å². The van der Waals surface area contributed by atoms with Crippen LogP contribution in [0.15, 0.2) is 41.0 Å². The van der Waals surface area contributed by atoms with Crippen LogP contribution in [0, 0.1) is 11.6 Å². The average Bonchev–Trinajstić information content (AvgIpc) is 2.62. The maximum atomic E-state index is 13.7. The number of hydrogen-bond acceptors (Lipinski definition) is 5. The lowest BCUT2D eigenvalue weighted by atomic mass is 10.2. The van der Waals surface area contributed by atoms with Crippen molar-refractivity contribution in [2.24, 2.45) is 0 Å². The second kappa shape index (κ2) is 8.75. The van der Waals surface area contributed by atoms with Crippen LogP contribution in [0.2, 0.25) is 0 Å². The Morgan fingerprint density at radius 1 is 1.15 bits per heavy atom. The molecule has 2 heterocycles. The van der Waals surface area contributed by atoms with Gasteiger partial charge in [-0.15, -0.1) is 0 Å². The zero-order chi connectivity index (χ0) is 18.5. The lowest BCUT2D eigenvalue weighted by molar-refractivity contribution is 0.0634. The minimum absolute atomic E-state index is 0.171. The van der Waals surface area contributed by atoms with E-state index in [1.807, 2.05) is 18.2 Å². The molecule has 1 atom stereocenters. The zero-order valence-electron chi connectivity index (χ0n) is 14.1. The Hall–Kier alpha value is -1.77. The van der Waals surface area contributed by atoms with E-state index >= 15 is 0 Å². The van der Waals surface area contributed by atoms with Gasteiger partial charge in [0.1, 0.15) is 18.5 Å². The second-order valence-corrected chi connectivity index (χ2v) is 7.05. The topological polar surface area (TPSA) is 48.8 Å². The van der Waals surface area contributed by atoms with Crippen LogP contribution in [0.5, 0.6) is 5.75 Å². The quantitative estimate of drug-likeness (QED) is 0.767. The van der Waals surface area contributed by atoms with Gasteiger partial charge < -0.3 is 14.7 Å². The first kappa shape index (κ1) is 19.0. The lowest BCUT2D eigenvalue weighted by Crippen LogP contribution is -2.49. The second-order valence-electron chi connectivity index (χ2n) is 6.14. The molecule has 0 bridgehead atoms. The molecule has 8 heteroatoms. The normalized spacial score (nSPS) is 16.5. The predicted molar refractivity (Wildman–Crippen MR) is 98.4 cm³/mol. The maximum Gasteiger partial charge on any atom is 0.190 e. The van der Waals surface area contributed by atoms with Crippen LogP contribution >= 0.6 is 15.9 Å². The Bertz CT molecular complexity index is 705. The molecule has 26 heavy (non-hydrogen) atoms. The number of aliphatic hydroxyl groups excluding tert-OH is 1. The summed E-state index contributed by atoms with van der Waals surface area (Å²) >= 11 is 3.01. The van der Waals surface area contributed by atoms with E-state index in [1.165, 1.54) is 0 Å². The van der Waals surface area contributed by atoms with E-state index in [0.717, 1.165) is 44.1 Å². The van der Waals surface area contributed by atoms with Gasteiger partial charge in [-0.3, -0.25) is 4.90 Å². The predicted octanol–water partition coefficient (Wildman–Crippen LogP) is 2.68. The number of hydrogen-bond donors (Lipinski definition) is 1. The highest BCUT2D eigenvalue weighted by Crippen LogP contribution is 2.26. The minimum Gasteiger partial charge on any atom is -0.485 e. The molecule has 3 rings (SSSR count). The number of β-amino-alcohol motifs (C(OH)–C–C–N with tert-alkyl or cyclic N) is 1. The molecule has 0 radical (unpaired) electrons. The molecule has 1 unspecified atom stereocenters. The fourth-order valence-electron chi connectivity index (χ4n) is 2.90. The van der Waals surface area contributed by atoms with Gasteiger partial charge in [0.15, 0.2) is 17.4 Å². The standard InChI is InChI=1S/C18H20BrF2N3O2/c19-13-9-15(20)18(16(21)10-13)26-12-14(25)11-23-5-7-24(8-6-23)17-3-1-2-4-22-17/h1-4,9-10,14,25H,5-8,11-12H2. The summed E-state index contributed by atoms with van der Waals surface area (Å²) in [6.07, 6.45) is 0.933. The number of ether oxygens (including phenoxy) is 1. The van der Waals surface area contributed by atoms with Gasteiger partial charge in [-0.25, -0.2) is 13.8 Å². The summed E-state index contributed by atoms with van der Waals surface area (Å²) in [5, 5.41) is 10.1. The van der Waals surface area contributed by atoms with E-state index in [9.17, 15) is 13.9 Å². The fraction of sp³-hybridized carbons (Fsp3) is 0.389. The van der Waals surface area contributed by atoms with Gasteiger partial charge in [0.2, 0.25) is 0 Å². The number of rotatable bonds is 6. The third-order valence-corrected chi connectivity index (χ3v) is 4.66. The molecule has 1 saturated heterocycles. The summed E-state index contributed by atoms with van der Waals surface area (Å²) in [4.78, 5) is 8.62. The molecule has 0 amide bonds. The van der Waals surface area contributed by atoms with E-state index in [4.69, 9.17) is 4.74 Å². The van der Waals surface area contributed by atoms with Gasteiger partial charge in [-0.2, -0.15) is 0 Å². The number of aliphatic hydroxyl groups is 1. The monoisotopic (exact) mass is 427 g/mol. The molecule has 1 aromatic carbocycles. The van der Waals surface area contributed by atoms with Crippen molar-refractivity contribution in [3.8, 4) is 5.75 Å². The Morgan fingerprint density at radius 2 is 1.85 bits per heavy atom. The van der Waals surface area contributed by atoms with Crippen LogP contribution < -0.4 is 9.64 Å². The third kappa shape index (κ3) is 4.90. The third-order valence-electron chi connectivity index (χ3n) is 4.20. The molecule has 0 saturated carbocycles. The molecule has 1 aromatic heterocycles. The van der Waals surface area contributed by atoms with E-state index < -0.39 is 23.5 Å². The molecular weight excluding hydrogens is 408 g/mol. The van der Waals surface area contributed by atoms with Crippen molar-refractivity contribution in [3.63, 3.8) is 0 Å². The first-order chi connectivity index (χ1) is 12.5. The van der Waals surface area contributed by atoms with Crippen LogP contribution in [0.4, 0.5) is 14.6 Å². The van der Waals surface area contributed by atoms with E-state index in [0.29, 0.717) is 11.0 Å². The summed E-state index contributed by atoms with van der Waals surface area (Å²) in [6.45, 7) is 3.37.